The molecular formula is C8H17NO5P+. The molecule has 3 N–H and O–H groups in total. The van der Waals surface area contributed by atoms with Crippen LogP contribution in [0.15, 0.2) is 0 Å². The van der Waals surface area contributed by atoms with E-state index in [9.17, 15) is 4.79 Å². The molecule has 0 aliphatic carbocycles. The maximum atomic E-state index is 11.7. The molecule has 0 radical (unpaired) electrons. The van der Waals surface area contributed by atoms with E-state index in [1.54, 1.807) is 27.7 Å². The van der Waals surface area contributed by atoms with Gasteiger partial charge in [0, 0.05) is 6.42 Å². The number of hydrogen-bond donors (Lipinski definition) is 3. The summed E-state index contributed by atoms with van der Waals surface area (Å²) in [5.74, 6) is -0.0686. The topological polar surface area (TPSA) is 90.2 Å². The molecule has 15 heavy (non-hydrogen) atoms. The van der Waals surface area contributed by atoms with Gasteiger partial charge in [-0.2, -0.15) is 14.7 Å². The predicted octanol–water partition coefficient (Wildman–Crippen LogP) is 0.404. The van der Waals surface area contributed by atoms with Crippen LogP contribution in [0.4, 0.5) is 0 Å². The van der Waals surface area contributed by atoms with Gasteiger partial charge in [-0.1, -0.05) is 4.62 Å². The lowest BCUT2D eigenvalue weighted by Gasteiger charge is -2.34. The first-order chi connectivity index (χ1) is 6.47. The summed E-state index contributed by atoms with van der Waals surface area (Å²) in [5.41, 5.74) is -1.64. The highest BCUT2D eigenvalue weighted by Gasteiger charge is 2.57. The molecule has 1 saturated heterocycles. The highest BCUT2D eigenvalue weighted by atomic mass is 31.2. The monoisotopic (exact) mass is 238 g/mol. The van der Waals surface area contributed by atoms with Crippen molar-refractivity contribution in [1.82, 2.24) is 5.06 Å². The van der Waals surface area contributed by atoms with E-state index < -0.39 is 19.2 Å². The largest absolute Gasteiger partial charge is 0.586 e. The molecule has 1 fully saturated rings. The van der Waals surface area contributed by atoms with E-state index in [0.717, 1.165) is 5.06 Å². The lowest BCUT2D eigenvalue weighted by atomic mass is 9.99. The van der Waals surface area contributed by atoms with E-state index in [1.807, 2.05) is 0 Å². The summed E-state index contributed by atoms with van der Waals surface area (Å²) in [6.45, 7) is 6.68. The number of rotatable bonds is 2. The molecular weight excluding hydrogens is 221 g/mol. The second-order valence-electron chi connectivity index (χ2n) is 4.86. The molecule has 1 aliphatic rings. The normalized spacial score (nSPS) is 25.9. The molecule has 1 heterocycles. The zero-order valence-electron chi connectivity index (χ0n) is 9.26. The minimum absolute atomic E-state index is 0.0686. The first kappa shape index (κ1) is 13.0. The number of hydrogen-bond acceptors (Lipinski definition) is 6. The molecule has 1 aliphatic heterocycles. The van der Waals surface area contributed by atoms with Crippen molar-refractivity contribution in [2.45, 2.75) is 45.2 Å². The minimum Gasteiger partial charge on any atom is -0.297 e. The number of ketones is 1. The Balaban J connectivity index is 2.98. The average Bonchev–Trinajstić information content (AvgIpc) is 2.08. The van der Waals surface area contributed by atoms with Crippen molar-refractivity contribution in [2.75, 3.05) is 0 Å². The maximum Gasteiger partial charge on any atom is 0.586 e. The quantitative estimate of drug-likeness (QED) is 0.603. The number of carbonyl (C=O) groups is 1. The zero-order valence-corrected chi connectivity index (χ0v) is 10.2. The van der Waals surface area contributed by atoms with Crippen LogP contribution in [0.3, 0.4) is 0 Å². The van der Waals surface area contributed by atoms with Gasteiger partial charge in [-0.25, -0.2) is 0 Å². The van der Waals surface area contributed by atoms with Crippen LogP contribution >= 0.6 is 8.17 Å². The summed E-state index contributed by atoms with van der Waals surface area (Å²) in [6.07, 6.45) is 0.236. The molecule has 0 aromatic heterocycles. The molecule has 7 heteroatoms. The van der Waals surface area contributed by atoms with Gasteiger partial charge in [0.25, 0.3) is 0 Å². The van der Waals surface area contributed by atoms with Crippen molar-refractivity contribution in [3.8, 4) is 0 Å². The molecule has 1 rings (SSSR count). The van der Waals surface area contributed by atoms with Gasteiger partial charge in [-0.15, -0.1) is 5.06 Å². The molecule has 0 amide bonds. The smallest absolute Gasteiger partial charge is 0.297 e. The fourth-order valence-corrected chi connectivity index (χ4v) is 2.52. The van der Waals surface area contributed by atoms with Gasteiger partial charge in [0.2, 0.25) is 0 Å². The number of nitrogens with zero attached hydrogens (tertiary/aromatic N) is 1. The van der Waals surface area contributed by atoms with Gasteiger partial charge in [0.1, 0.15) is 5.54 Å². The van der Waals surface area contributed by atoms with Crippen LogP contribution in [-0.4, -0.2) is 36.6 Å². The Hall–Kier alpha value is -0.100. The molecule has 0 atom stereocenters. The van der Waals surface area contributed by atoms with Crippen LogP contribution in [0.2, 0.25) is 0 Å². The van der Waals surface area contributed by atoms with Crippen molar-refractivity contribution in [3.63, 3.8) is 0 Å². The van der Waals surface area contributed by atoms with E-state index in [4.69, 9.17) is 14.7 Å². The van der Waals surface area contributed by atoms with Gasteiger partial charge >= 0.3 is 8.17 Å². The molecule has 0 aromatic rings. The Morgan fingerprint density at radius 3 is 2.00 bits per heavy atom. The highest BCUT2D eigenvalue weighted by molar-refractivity contribution is 7.53. The molecule has 0 saturated carbocycles. The van der Waals surface area contributed by atoms with E-state index in [-0.39, 0.29) is 12.2 Å². The van der Waals surface area contributed by atoms with Crippen molar-refractivity contribution < 1.29 is 24.1 Å². The molecule has 0 unspecified atom stereocenters. The first-order valence-corrected chi connectivity index (χ1v) is 6.14. The number of carbonyl (C=O) groups excluding carboxylic acids is 1. The van der Waals surface area contributed by atoms with Crippen molar-refractivity contribution >= 4 is 14.0 Å². The maximum absolute atomic E-state index is 11.7. The van der Waals surface area contributed by atoms with Gasteiger partial charge in [-0.3, -0.25) is 4.79 Å². The van der Waals surface area contributed by atoms with Crippen LogP contribution in [0.25, 0.3) is 0 Å². The van der Waals surface area contributed by atoms with Gasteiger partial charge in [0.15, 0.2) is 5.78 Å². The van der Waals surface area contributed by atoms with E-state index in [0.29, 0.717) is 0 Å². The second kappa shape index (κ2) is 3.45. The molecule has 0 bridgehead atoms. The fraction of sp³-hybridized carbons (Fsp3) is 0.875. The van der Waals surface area contributed by atoms with E-state index >= 15 is 0 Å². The minimum atomic E-state index is -4.38. The zero-order chi connectivity index (χ0) is 12.1. The number of hydroxylamine groups is 2. The van der Waals surface area contributed by atoms with Crippen molar-refractivity contribution in [3.05, 3.63) is 0 Å². The Bertz CT molecular complexity index is 283. The van der Waals surface area contributed by atoms with E-state index in [2.05, 4.69) is 4.62 Å². The van der Waals surface area contributed by atoms with Crippen LogP contribution in [0.1, 0.15) is 34.1 Å². The van der Waals surface area contributed by atoms with Gasteiger partial charge in [0.05, 0.1) is 5.54 Å². The molecule has 0 spiro atoms. The summed E-state index contributed by atoms with van der Waals surface area (Å²) in [7, 11) is -4.38. The third-order valence-corrected chi connectivity index (χ3v) is 2.91. The van der Waals surface area contributed by atoms with Crippen molar-refractivity contribution in [2.24, 2.45) is 0 Å². The molecule has 0 aromatic carbocycles. The summed E-state index contributed by atoms with van der Waals surface area (Å²) < 4.78 is 4.69. The third-order valence-electron chi connectivity index (χ3n) is 2.52. The highest BCUT2D eigenvalue weighted by Crippen LogP contribution is 2.52. The second-order valence-corrected chi connectivity index (χ2v) is 6.05. The first-order valence-electron chi connectivity index (χ1n) is 4.57. The van der Waals surface area contributed by atoms with E-state index in [1.165, 1.54) is 0 Å². The number of Topliss-reactive ketones (excluding diaryl/α,β-unsaturated/α-hetero) is 1. The van der Waals surface area contributed by atoms with Crippen LogP contribution in [0.5, 0.6) is 0 Å². The predicted molar refractivity (Wildman–Crippen MR) is 54.3 cm³/mol. The summed E-state index contributed by atoms with van der Waals surface area (Å²) in [6, 6.07) is 0. The van der Waals surface area contributed by atoms with Crippen LogP contribution < -0.4 is 0 Å². The Kier molecular flexibility index (Phi) is 2.98. The Morgan fingerprint density at radius 1 is 1.27 bits per heavy atom. The van der Waals surface area contributed by atoms with Crippen LogP contribution in [-0.2, 0) is 9.42 Å². The molecule has 6 nitrogen and oxygen atoms in total. The lowest BCUT2D eigenvalue weighted by Crippen LogP contribution is -2.49. The SMILES string of the molecule is CC1(C)CC(=O)C(C)(C)N1O[P+](O)(O)O. The summed E-state index contributed by atoms with van der Waals surface area (Å²) >= 11 is 0. The third kappa shape index (κ3) is 2.53. The van der Waals surface area contributed by atoms with Crippen LogP contribution in [0, 0.1) is 0 Å². The Morgan fingerprint density at radius 2 is 1.73 bits per heavy atom. The Labute approximate surface area is 89.1 Å². The van der Waals surface area contributed by atoms with Crippen molar-refractivity contribution in [1.29, 1.82) is 0 Å². The van der Waals surface area contributed by atoms with Gasteiger partial charge in [-0.05, 0) is 27.7 Å². The summed E-state index contributed by atoms with van der Waals surface area (Å²) in [5, 5.41) is 1.16. The average molecular weight is 238 g/mol. The van der Waals surface area contributed by atoms with Gasteiger partial charge < -0.3 is 0 Å². The lowest BCUT2D eigenvalue weighted by molar-refractivity contribution is -0.186. The fourth-order valence-electron chi connectivity index (χ4n) is 1.87. The molecule has 88 valence electrons. The summed E-state index contributed by atoms with van der Waals surface area (Å²) in [4.78, 5) is 38.3. The standard InChI is InChI=1S/C8H17NO5P/c1-7(2)5-6(10)8(3,4)9(7)14-15(11,12)13/h11-13H,5H2,1-4H3/q+1.